The Bertz CT molecular complexity index is 3110. The lowest BCUT2D eigenvalue weighted by Crippen LogP contribution is -1.95. The zero-order valence-electron chi connectivity index (χ0n) is 28.7. The first-order valence-corrected chi connectivity index (χ1v) is 18.8. The Kier molecular flexibility index (Phi) is 6.74. The molecule has 2 heterocycles. The molecule has 0 aliphatic rings. The molecule has 2 nitrogen and oxygen atoms in total. The van der Waals surface area contributed by atoms with Crippen molar-refractivity contribution in [2.75, 3.05) is 0 Å². The molecule has 0 saturated heterocycles. The van der Waals surface area contributed by atoms with E-state index in [2.05, 4.69) is 213 Å². The Morgan fingerprint density at radius 2 is 0.604 bits per heavy atom. The van der Waals surface area contributed by atoms with Gasteiger partial charge in [0.15, 0.2) is 0 Å². The fourth-order valence-corrected chi connectivity index (χ4v) is 9.09. The molecule has 0 bridgehead atoms. The van der Waals surface area contributed by atoms with E-state index in [4.69, 9.17) is 0 Å². The second kappa shape index (κ2) is 11.8. The van der Waals surface area contributed by atoms with E-state index in [1.54, 1.807) is 0 Å². The predicted octanol–water partition coefficient (Wildman–Crippen LogP) is 14.3. The van der Waals surface area contributed by atoms with Crippen molar-refractivity contribution in [1.29, 1.82) is 0 Å². The van der Waals surface area contributed by atoms with Crippen LogP contribution in [0.4, 0.5) is 0 Å². The molecule has 3 heteroatoms. The molecule has 0 saturated carbocycles. The fraction of sp³-hybridized carbons (Fsp3) is 0. The summed E-state index contributed by atoms with van der Waals surface area (Å²) in [6.07, 6.45) is 0. The second-order valence-electron chi connectivity index (χ2n) is 13.8. The van der Waals surface area contributed by atoms with Crippen molar-refractivity contribution < 1.29 is 0 Å². The van der Waals surface area contributed by atoms with Crippen LogP contribution in [0.15, 0.2) is 193 Å². The van der Waals surface area contributed by atoms with Crippen molar-refractivity contribution in [3.05, 3.63) is 193 Å². The van der Waals surface area contributed by atoms with Crippen molar-refractivity contribution in [3.8, 4) is 33.6 Å². The molecule has 11 aromatic rings. The third kappa shape index (κ3) is 4.57. The van der Waals surface area contributed by atoms with Gasteiger partial charge in [-0.1, -0.05) is 143 Å². The summed E-state index contributed by atoms with van der Waals surface area (Å²) in [5.74, 6) is 0. The summed E-state index contributed by atoms with van der Waals surface area (Å²) in [7, 11) is 0. The van der Waals surface area contributed by atoms with Crippen molar-refractivity contribution >= 4 is 81.1 Å². The minimum atomic E-state index is 1.07. The van der Waals surface area contributed by atoms with Crippen LogP contribution in [0.5, 0.6) is 0 Å². The van der Waals surface area contributed by atoms with E-state index in [0.717, 1.165) is 15.8 Å². The zero-order valence-corrected chi connectivity index (χ0v) is 30.3. The van der Waals surface area contributed by atoms with Gasteiger partial charge in [-0.3, -0.25) is 0 Å². The Labute approximate surface area is 314 Å². The molecule has 0 fully saturated rings. The summed E-state index contributed by atoms with van der Waals surface area (Å²) in [5, 5.41) is 10.0. The fourth-order valence-electron chi connectivity index (χ4n) is 8.73. The van der Waals surface area contributed by atoms with Crippen LogP contribution >= 0.6 is 15.9 Å². The van der Waals surface area contributed by atoms with Crippen LogP contribution in [-0.4, -0.2) is 9.13 Å². The van der Waals surface area contributed by atoms with Gasteiger partial charge in [0.2, 0.25) is 0 Å². The summed E-state index contributed by atoms with van der Waals surface area (Å²) in [5.41, 5.74) is 12.1. The molecule has 11 rings (SSSR count). The highest BCUT2D eigenvalue weighted by atomic mass is 79.9. The van der Waals surface area contributed by atoms with Gasteiger partial charge < -0.3 is 9.13 Å². The number of nitrogens with zero attached hydrogens (tertiary/aromatic N) is 2. The first kappa shape index (κ1) is 30.2. The molecule has 0 amide bonds. The summed E-state index contributed by atoms with van der Waals surface area (Å²) in [6.45, 7) is 0. The molecule has 0 aliphatic carbocycles. The van der Waals surface area contributed by atoms with Crippen LogP contribution in [-0.2, 0) is 0 Å². The average molecular weight is 740 g/mol. The molecule has 0 atom stereocenters. The number of rotatable bonds is 4. The number of aromatic nitrogens is 2. The van der Waals surface area contributed by atoms with Gasteiger partial charge in [-0.15, -0.1) is 0 Å². The van der Waals surface area contributed by atoms with E-state index in [9.17, 15) is 0 Å². The lowest BCUT2D eigenvalue weighted by atomic mass is 9.86. The van der Waals surface area contributed by atoms with Gasteiger partial charge in [0.05, 0.1) is 22.1 Å². The molecule has 0 spiro atoms. The molecule has 248 valence electrons. The van der Waals surface area contributed by atoms with Crippen LogP contribution in [0, 0.1) is 0 Å². The topological polar surface area (TPSA) is 9.86 Å². The van der Waals surface area contributed by atoms with Crippen molar-refractivity contribution in [1.82, 2.24) is 9.13 Å². The number of hydrogen-bond donors (Lipinski definition) is 0. The quantitative estimate of drug-likeness (QED) is 0.159. The lowest BCUT2D eigenvalue weighted by molar-refractivity contribution is 1.18. The summed E-state index contributed by atoms with van der Waals surface area (Å²) in [4.78, 5) is 0. The highest BCUT2D eigenvalue weighted by molar-refractivity contribution is 9.10. The van der Waals surface area contributed by atoms with E-state index in [1.165, 1.54) is 87.4 Å². The summed E-state index contributed by atoms with van der Waals surface area (Å²) >= 11 is 3.83. The molecular formula is C50H31BrN2. The SMILES string of the molecule is Brc1ccc2c(-c3ccc(-n4c5ccccc5c5ccccc54)cc3)c3ccccc3c(-c3ccc(-n4c5ccccc5c5ccccc54)cc3)c2c1. The van der Waals surface area contributed by atoms with Crippen LogP contribution in [0.2, 0.25) is 0 Å². The largest absolute Gasteiger partial charge is 0.309 e. The van der Waals surface area contributed by atoms with E-state index in [1.807, 2.05) is 0 Å². The van der Waals surface area contributed by atoms with Gasteiger partial charge in [-0.05, 0) is 104 Å². The molecular weight excluding hydrogens is 708 g/mol. The van der Waals surface area contributed by atoms with Crippen LogP contribution in [0.1, 0.15) is 0 Å². The van der Waals surface area contributed by atoms with Gasteiger partial charge in [-0.2, -0.15) is 0 Å². The minimum absolute atomic E-state index is 1.07. The Morgan fingerprint density at radius 3 is 1.00 bits per heavy atom. The van der Waals surface area contributed by atoms with E-state index in [0.29, 0.717) is 0 Å². The lowest BCUT2D eigenvalue weighted by Gasteiger charge is -2.19. The van der Waals surface area contributed by atoms with E-state index < -0.39 is 0 Å². The number of hydrogen-bond acceptors (Lipinski definition) is 0. The molecule has 0 radical (unpaired) electrons. The van der Waals surface area contributed by atoms with E-state index in [-0.39, 0.29) is 0 Å². The number of para-hydroxylation sites is 4. The Morgan fingerprint density at radius 1 is 0.283 bits per heavy atom. The molecule has 0 unspecified atom stereocenters. The van der Waals surface area contributed by atoms with Crippen molar-refractivity contribution in [2.45, 2.75) is 0 Å². The molecule has 53 heavy (non-hydrogen) atoms. The number of halogens is 1. The predicted molar refractivity (Wildman–Crippen MR) is 229 cm³/mol. The highest BCUT2D eigenvalue weighted by Crippen LogP contribution is 2.45. The van der Waals surface area contributed by atoms with Crippen molar-refractivity contribution in [3.63, 3.8) is 0 Å². The average Bonchev–Trinajstić information content (AvgIpc) is 3.73. The van der Waals surface area contributed by atoms with Gasteiger partial charge >= 0.3 is 0 Å². The monoisotopic (exact) mass is 738 g/mol. The minimum Gasteiger partial charge on any atom is -0.309 e. The Balaban J connectivity index is 1.09. The summed E-state index contributed by atoms with van der Waals surface area (Å²) < 4.78 is 5.83. The van der Waals surface area contributed by atoms with Gasteiger partial charge in [0.1, 0.15) is 0 Å². The van der Waals surface area contributed by atoms with Gasteiger partial charge in [0.25, 0.3) is 0 Å². The standard InChI is InChI=1S/C50H31BrN2/c51-34-25-30-43-44(31-34)50(33-23-28-36(29-24-33)53-47-19-9-5-13-39(47)40-14-6-10-20-48(40)53)42-16-2-1-15-41(42)49(43)32-21-26-35(27-22-32)52-45-17-7-3-11-37(45)38-12-4-8-18-46(38)52/h1-31H. The maximum atomic E-state index is 3.83. The summed E-state index contributed by atoms with van der Waals surface area (Å²) in [6, 6.07) is 68.6. The zero-order chi connectivity index (χ0) is 35.0. The van der Waals surface area contributed by atoms with Crippen LogP contribution in [0.25, 0.3) is 98.8 Å². The maximum absolute atomic E-state index is 3.83. The van der Waals surface area contributed by atoms with Crippen LogP contribution < -0.4 is 0 Å². The molecule has 0 aliphatic heterocycles. The maximum Gasteiger partial charge on any atom is 0.0541 e. The molecule has 2 aromatic heterocycles. The van der Waals surface area contributed by atoms with Crippen molar-refractivity contribution in [2.24, 2.45) is 0 Å². The number of fused-ring (bicyclic) bond motifs is 8. The molecule has 9 aromatic carbocycles. The smallest absolute Gasteiger partial charge is 0.0541 e. The van der Waals surface area contributed by atoms with E-state index >= 15 is 0 Å². The normalized spacial score (nSPS) is 11.9. The van der Waals surface area contributed by atoms with Gasteiger partial charge in [-0.25, -0.2) is 0 Å². The van der Waals surface area contributed by atoms with Crippen LogP contribution in [0.3, 0.4) is 0 Å². The number of benzene rings is 9. The molecule has 0 N–H and O–H groups in total. The van der Waals surface area contributed by atoms with Gasteiger partial charge in [0, 0.05) is 37.4 Å². The highest BCUT2D eigenvalue weighted by Gasteiger charge is 2.19. The Hall–Kier alpha value is -6.42. The first-order valence-electron chi connectivity index (χ1n) is 18.0. The third-order valence-electron chi connectivity index (χ3n) is 11.0. The second-order valence-corrected chi connectivity index (χ2v) is 14.7. The first-order chi connectivity index (χ1) is 26.2. The third-order valence-corrected chi connectivity index (χ3v) is 11.5.